The van der Waals surface area contributed by atoms with Gasteiger partial charge < -0.3 is 10.1 Å². The minimum atomic E-state index is -0.192. The van der Waals surface area contributed by atoms with Gasteiger partial charge in [0.15, 0.2) is 0 Å². The van der Waals surface area contributed by atoms with Crippen LogP contribution in [0.5, 0.6) is 0 Å². The second-order valence-corrected chi connectivity index (χ2v) is 5.22. The normalized spacial score (nSPS) is 22.4. The zero-order chi connectivity index (χ0) is 12.1. The minimum absolute atomic E-state index is 0.161. The van der Waals surface area contributed by atoms with Crippen LogP contribution >= 0.6 is 11.8 Å². The van der Waals surface area contributed by atoms with Gasteiger partial charge in [-0.2, -0.15) is 11.8 Å². The second kappa shape index (κ2) is 6.38. The lowest BCUT2D eigenvalue weighted by Crippen LogP contribution is -2.38. The van der Waals surface area contributed by atoms with Crippen LogP contribution in [-0.2, 0) is 4.74 Å². The van der Waals surface area contributed by atoms with Crippen molar-refractivity contribution in [2.45, 2.75) is 19.1 Å². The molecule has 1 N–H and O–H groups in total. The molecule has 0 aromatic heterocycles. The van der Waals surface area contributed by atoms with Gasteiger partial charge in [-0.25, -0.2) is 4.39 Å². The molecule has 1 aromatic carbocycles. The fourth-order valence-corrected chi connectivity index (χ4v) is 2.95. The first-order chi connectivity index (χ1) is 8.31. The lowest BCUT2D eigenvalue weighted by atomic mass is 10.0. The summed E-state index contributed by atoms with van der Waals surface area (Å²) in [6.07, 6.45) is 0.180. The van der Waals surface area contributed by atoms with Crippen molar-refractivity contribution in [3.05, 3.63) is 35.6 Å². The van der Waals surface area contributed by atoms with Gasteiger partial charge in [-0.05, 0) is 24.2 Å². The average molecular weight is 255 g/mol. The average Bonchev–Trinajstić information content (AvgIpc) is 2.38. The Hall–Kier alpha value is -0.580. The molecule has 1 saturated heterocycles. The van der Waals surface area contributed by atoms with Crippen LogP contribution in [0.4, 0.5) is 4.39 Å². The van der Waals surface area contributed by atoms with Crippen molar-refractivity contribution >= 4 is 11.8 Å². The predicted molar refractivity (Wildman–Crippen MR) is 69.9 cm³/mol. The molecule has 0 bridgehead atoms. The van der Waals surface area contributed by atoms with Crippen molar-refractivity contribution < 1.29 is 9.13 Å². The fraction of sp³-hybridized carbons (Fsp3) is 0.538. The van der Waals surface area contributed by atoms with Crippen LogP contribution in [0.3, 0.4) is 0 Å². The number of rotatable bonds is 4. The molecule has 1 heterocycles. The van der Waals surface area contributed by atoms with E-state index in [1.165, 1.54) is 12.1 Å². The van der Waals surface area contributed by atoms with E-state index in [1.54, 1.807) is 0 Å². The van der Waals surface area contributed by atoms with Gasteiger partial charge in [-0.3, -0.25) is 0 Å². The molecule has 0 aliphatic carbocycles. The van der Waals surface area contributed by atoms with E-state index in [4.69, 9.17) is 4.74 Å². The summed E-state index contributed by atoms with van der Waals surface area (Å²) >= 11 is 1.92. The van der Waals surface area contributed by atoms with E-state index in [1.807, 2.05) is 23.9 Å². The molecular formula is C13H18FNOS. The Morgan fingerprint density at radius 2 is 2.24 bits per heavy atom. The molecule has 2 rings (SSSR count). The highest BCUT2D eigenvalue weighted by atomic mass is 32.2. The van der Waals surface area contributed by atoms with Crippen LogP contribution in [0.2, 0.25) is 0 Å². The van der Waals surface area contributed by atoms with E-state index in [9.17, 15) is 4.39 Å². The maximum Gasteiger partial charge on any atom is 0.123 e. The maximum absolute atomic E-state index is 12.9. The zero-order valence-corrected chi connectivity index (χ0v) is 10.8. The van der Waals surface area contributed by atoms with Gasteiger partial charge in [0.1, 0.15) is 5.82 Å². The number of hydrogen-bond donors (Lipinski definition) is 1. The smallest absolute Gasteiger partial charge is 0.123 e. The Morgan fingerprint density at radius 3 is 2.82 bits per heavy atom. The summed E-state index contributed by atoms with van der Waals surface area (Å²) < 4.78 is 18.7. The van der Waals surface area contributed by atoms with Gasteiger partial charge in [0.25, 0.3) is 0 Å². The van der Waals surface area contributed by atoms with E-state index in [0.29, 0.717) is 0 Å². The molecule has 4 heteroatoms. The number of hydrogen-bond acceptors (Lipinski definition) is 3. The molecule has 17 heavy (non-hydrogen) atoms. The molecule has 0 amide bonds. The van der Waals surface area contributed by atoms with E-state index in [-0.39, 0.29) is 18.0 Å². The van der Waals surface area contributed by atoms with Crippen molar-refractivity contribution in [3.63, 3.8) is 0 Å². The summed E-state index contributed by atoms with van der Waals surface area (Å²) in [5.74, 6) is 1.87. The third-order valence-corrected chi connectivity index (χ3v) is 3.89. The Morgan fingerprint density at radius 1 is 1.47 bits per heavy atom. The van der Waals surface area contributed by atoms with Crippen molar-refractivity contribution in [1.29, 1.82) is 0 Å². The van der Waals surface area contributed by atoms with Crippen LogP contribution in [-0.4, -0.2) is 30.8 Å². The number of nitrogens with one attached hydrogen (secondary N) is 1. The minimum Gasteiger partial charge on any atom is -0.375 e. The van der Waals surface area contributed by atoms with E-state index < -0.39 is 0 Å². The highest BCUT2D eigenvalue weighted by Crippen LogP contribution is 2.25. The summed E-state index contributed by atoms with van der Waals surface area (Å²) in [5, 5.41) is 3.43. The van der Waals surface area contributed by atoms with Crippen molar-refractivity contribution in [1.82, 2.24) is 5.32 Å². The van der Waals surface area contributed by atoms with Gasteiger partial charge >= 0.3 is 0 Å². The van der Waals surface area contributed by atoms with Crippen LogP contribution in [0.15, 0.2) is 24.3 Å². The number of benzene rings is 1. The van der Waals surface area contributed by atoms with Crippen LogP contribution in [0, 0.1) is 5.82 Å². The van der Waals surface area contributed by atoms with Crippen LogP contribution < -0.4 is 5.32 Å². The third-order valence-electron chi connectivity index (χ3n) is 2.87. The predicted octanol–water partition coefficient (Wildman–Crippen LogP) is 2.61. The summed E-state index contributed by atoms with van der Waals surface area (Å²) in [5.41, 5.74) is 1.10. The zero-order valence-electron chi connectivity index (χ0n) is 9.99. The van der Waals surface area contributed by atoms with E-state index in [0.717, 1.165) is 30.2 Å². The molecule has 1 aromatic rings. The standard InChI is InChI=1S/C13H18FNOS/c1-2-15-13(12-9-17-8-7-16-12)10-3-5-11(14)6-4-10/h3-6,12-13,15H,2,7-9H2,1H3. The Kier molecular flexibility index (Phi) is 4.83. The SMILES string of the molecule is CCNC(c1ccc(F)cc1)C1CSCCO1. The van der Waals surface area contributed by atoms with Crippen molar-refractivity contribution in [2.24, 2.45) is 0 Å². The molecular weight excluding hydrogens is 237 g/mol. The molecule has 0 spiro atoms. The number of likely N-dealkylation sites (N-methyl/N-ethyl adjacent to an activating group) is 1. The highest BCUT2D eigenvalue weighted by molar-refractivity contribution is 7.99. The van der Waals surface area contributed by atoms with Crippen LogP contribution in [0.25, 0.3) is 0 Å². The summed E-state index contributed by atoms with van der Waals surface area (Å²) in [4.78, 5) is 0. The lowest BCUT2D eigenvalue weighted by Gasteiger charge is -2.31. The van der Waals surface area contributed by atoms with Gasteiger partial charge in [0.2, 0.25) is 0 Å². The molecule has 2 unspecified atom stereocenters. The summed E-state index contributed by atoms with van der Waals surface area (Å²) in [6.45, 7) is 3.76. The third kappa shape index (κ3) is 3.44. The van der Waals surface area contributed by atoms with Gasteiger partial charge in [-0.15, -0.1) is 0 Å². The molecule has 2 atom stereocenters. The Bertz CT molecular complexity index is 338. The number of halogens is 1. The summed E-state index contributed by atoms with van der Waals surface area (Å²) in [6, 6.07) is 6.86. The molecule has 1 fully saturated rings. The van der Waals surface area contributed by atoms with E-state index >= 15 is 0 Å². The quantitative estimate of drug-likeness (QED) is 0.893. The highest BCUT2D eigenvalue weighted by Gasteiger charge is 2.25. The van der Waals surface area contributed by atoms with Crippen LogP contribution in [0.1, 0.15) is 18.5 Å². The molecule has 94 valence electrons. The first-order valence-electron chi connectivity index (χ1n) is 5.99. The molecule has 0 radical (unpaired) electrons. The Labute approximate surface area is 106 Å². The van der Waals surface area contributed by atoms with Gasteiger partial charge in [-0.1, -0.05) is 19.1 Å². The number of ether oxygens (including phenoxy) is 1. The molecule has 0 saturated carbocycles. The first kappa shape index (κ1) is 12.9. The fourth-order valence-electron chi connectivity index (χ4n) is 2.05. The monoisotopic (exact) mass is 255 g/mol. The first-order valence-corrected chi connectivity index (χ1v) is 7.15. The molecule has 2 nitrogen and oxygen atoms in total. The topological polar surface area (TPSA) is 21.3 Å². The second-order valence-electron chi connectivity index (χ2n) is 4.07. The largest absolute Gasteiger partial charge is 0.375 e. The van der Waals surface area contributed by atoms with Crippen molar-refractivity contribution in [2.75, 3.05) is 24.7 Å². The lowest BCUT2D eigenvalue weighted by molar-refractivity contribution is 0.0472. The number of thioether (sulfide) groups is 1. The van der Waals surface area contributed by atoms with Gasteiger partial charge in [0, 0.05) is 11.5 Å². The Balaban J connectivity index is 2.12. The van der Waals surface area contributed by atoms with Crippen molar-refractivity contribution in [3.8, 4) is 0 Å². The molecule has 1 aliphatic heterocycles. The maximum atomic E-state index is 12.9. The van der Waals surface area contributed by atoms with E-state index in [2.05, 4.69) is 12.2 Å². The molecule has 1 aliphatic rings. The van der Waals surface area contributed by atoms with Gasteiger partial charge in [0.05, 0.1) is 18.8 Å². The summed E-state index contributed by atoms with van der Waals surface area (Å²) in [7, 11) is 0.